The molecule has 11 heteroatoms. The second-order valence-electron chi connectivity index (χ2n) is 13.8. The molecule has 3 heterocycles. The van der Waals surface area contributed by atoms with Crippen LogP contribution in [0.15, 0.2) is 60.9 Å². The average molecular weight is 651 g/mol. The highest BCUT2D eigenvalue weighted by Gasteiger charge is 2.52. The number of aromatic amines is 2. The quantitative estimate of drug-likeness (QED) is 0.164. The summed E-state index contributed by atoms with van der Waals surface area (Å²) in [4.78, 5) is 55.4. The summed E-state index contributed by atoms with van der Waals surface area (Å²) in [5.41, 5.74) is 5.92. The van der Waals surface area contributed by atoms with Crippen molar-refractivity contribution in [3.63, 3.8) is 0 Å². The number of methoxy groups -OCH3 is 1. The van der Waals surface area contributed by atoms with E-state index < -0.39 is 18.1 Å². The number of benzene rings is 2. The lowest BCUT2D eigenvalue weighted by Crippen LogP contribution is -2.51. The van der Waals surface area contributed by atoms with Crippen LogP contribution in [0.25, 0.3) is 33.6 Å². The SMILES string of the molecule is COC(=O)NC(C(=O)N1CCC[C@H]1c1ncc(-c2ccc(-c3ccc(-c4cnc([C@@H]5[C@H]6CC[C@H](C6)[C@H]5C(=O)O)[nH]4)cc3)cc2)[nH]1)C(C)C. The van der Waals surface area contributed by atoms with Crippen LogP contribution in [-0.4, -0.2) is 67.6 Å². The zero-order valence-electron chi connectivity index (χ0n) is 27.5. The number of carbonyl (C=O) groups excluding carboxylic acids is 2. The molecule has 48 heavy (non-hydrogen) atoms. The van der Waals surface area contributed by atoms with E-state index >= 15 is 0 Å². The maximum atomic E-state index is 13.5. The Labute approximate surface area is 279 Å². The van der Waals surface area contributed by atoms with E-state index in [1.54, 1.807) is 6.20 Å². The number of hydrogen-bond donors (Lipinski definition) is 4. The first-order valence-corrected chi connectivity index (χ1v) is 16.9. The largest absolute Gasteiger partial charge is 0.481 e. The van der Waals surface area contributed by atoms with Crippen LogP contribution in [0.2, 0.25) is 0 Å². The number of H-pyrrole nitrogens is 2. The van der Waals surface area contributed by atoms with Crippen LogP contribution in [-0.2, 0) is 14.3 Å². The summed E-state index contributed by atoms with van der Waals surface area (Å²) in [5, 5.41) is 12.6. The standard InChI is InChI=1S/C37H42N6O5/c1-20(2)32(42-37(47)48-3)35(44)43-16-4-5-29(43)33-38-18-27(40-33)23-10-6-21(7-11-23)22-8-12-24(13-9-22)28-19-39-34(41-28)30-25-14-15-26(17-25)31(30)36(45)46/h6-13,18-20,25-26,29-32H,4-5,14-17H2,1-3H3,(H,38,40)(H,39,41)(H,42,47)(H,45,46)/t25-,26+,29-,30+,31+,32?/m0/s1. The van der Waals surface area contributed by atoms with Gasteiger partial charge < -0.3 is 30.0 Å². The van der Waals surface area contributed by atoms with E-state index in [0.717, 1.165) is 77.4 Å². The number of likely N-dealkylation sites (tertiary alicyclic amines) is 1. The third-order valence-electron chi connectivity index (χ3n) is 10.7. The molecule has 3 aliphatic rings. The molecule has 7 rings (SSSR count). The molecule has 2 amide bonds. The number of nitrogens with one attached hydrogen (secondary N) is 3. The van der Waals surface area contributed by atoms with Crippen LogP contribution >= 0.6 is 0 Å². The Balaban J connectivity index is 1.02. The van der Waals surface area contributed by atoms with Crippen molar-refractivity contribution in [2.75, 3.05) is 13.7 Å². The van der Waals surface area contributed by atoms with Crippen molar-refractivity contribution in [2.24, 2.45) is 23.7 Å². The number of alkyl carbamates (subject to hydrolysis) is 1. The number of rotatable bonds is 9. The number of carboxylic acids is 1. The van der Waals surface area contributed by atoms with Crippen molar-refractivity contribution in [2.45, 2.75) is 64.0 Å². The van der Waals surface area contributed by atoms with Crippen molar-refractivity contribution in [3.05, 3.63) is 72.6 Å². The van der Waals surface area contributed by atoms with E-state index in [9.17, 15) is 19.5 Å². The summed E-state index contributed by atoms with van der Waals surface area (Å²) >= 11 is 0. The summed E-state index contributed by atoms with van der Waals surface area (Å²) in [6.45, 7) is 4.41. The Morgan fingerprint density at radius 1 is 0.854 bits per heavy atom. The van der Waals surface area contributed by atoms with Gasteiger partial charge in [0.1, 0.15) is 17.7 Å². The fraction of sp³-hybridized carbons (Fsp3) is 0.432. The van der Waals surface area contributed by atoms with Crippen LogP contribution in [0.5, 0.6) is 0 Å². The fourth-order valence-electron chi connectivity index (χ4n) is 8.22. The summed E-state index contributed by atoms with van der Waals surface area (Å²) in [7, 11) is 1.29. The van der Waals surface area contributed by atoms with Crippen LogP contribution in [0.1, 0.15) is 69.6 Å². The number of fused-ring (bicyclic) bond motifs is 2. The minimum Gasteiger partial charge on any atom is -0.481 e. The first-order chi connectivity index (χ1) is 23.2. The molecule has 1 aliphatic heterocycles. The number of imidazole rings is 2. The second kappa shape index (κ2) is 12.9. The number of nitrogens with zero attached hydrogens (tertiary/aromatic N) is 3. The molecule has 4 aromatic rings. The molecule has 6 atom stereocenters. The van der Waals surface area contributed by atoms with Gasteiger partial charge in [0.25, 0.3) is 0 Å². The predicted molar refractivity (Wildman–Crippen MR) is 180 cm³/mol. The minimum absolute atomic E-state index is 0.0362. The highest BCUT2D eigenvalue weighted by atomic mass is 16.5. The number of carboxylic acid groups (broad SMARTS) is 1. The number of aliphatic carboxylic acids is 1. The molecule has 2 saturated carbocycles. The van der Waals surface area contributed by atoms with Gasteiger partial charge >= 0.3 is 12.1 Å². The Hall–Kier alpha value is -4.93. The van der Waals surface area contributed by atoms with E-state index in [2.05, 4.69) is 73.8 Å². The molecule has 0 spiro atoms. The second-order valence-corrected chi connectivity index (χ2v) is 13.8. The van der Waals surface area contributed by atoms with E-state index in [4.69, 9.17) is 4.74 Å². The maximum Gasteiger partial charge on any atom is 0.407 e. The number of amides is 2. The van der Waals surface area contributed by atoms with E-state index in [-0.39, 0.29) is 35.6 Å². The van der Waals surface area contributed by atoms with E-state index in [1.807, 2.05) is 24.9 Å². The minimum atomic E-state index is -0.702. The van der Waals surface area contributed by atoms with Crippen LogP contribution in [0, 0.1) is 23.7 Å². The van der Waals surface area contributed by atoms with Gasteiger partial charge in [0, 0.05) is 12.5 Å². The van der Waals surface area contributed by atoms with Gasteiger partial charge in [-0.25, -0.2) is 14.8 Å². The Kier molecular flexibility index (Phi) is 8.53. The van der Waals surface area contributed by atoms with Gasteiger partial charge in [0.05, 0.1) is 42.9 Å². The lowest BCUT2D eigenvalue weighted by molar-refractivity contribution is -0.144. The highest BCUT2D eigenvalue weighted by molar-refractivity contribution is 5.86. The smallest absolute Gasteiger partial charge is 0.407 e. The van der Waals surface area contributed by atoms with E-state index in [1.165, 1.54) is 7.11 Å². The van der Waals surface area contributed by atoms with Gasteiger partial charge in [-0.15, -0.1) is 0 Å². The topological polar surface area (TPSA) is 153 Å². The zero-order chi connectivity index (χ0) is 33.5. The molecule has 4 N–H and O–H groups in total. The monoisotopic (exact) mass is 650 g/mol. The third kappa shape index (κ3) is 5.86. The first-order valence-electron chi connectivity index (χ1n) is 16.9. The summed E-state index contributed by atoms with van der Waals surface area (Å²) in [6.07, 6.45) is 7.75. The molecule has 11 nitrogen and oxygen atoms in total. The molecule has 0 radical (unpaired) electrons. The molecular formula is C37H42N6O5. The number of carbonyl (C=O) groups is 3. The van der Waals surface area contributed by atoms with Gasteiger partial charge in [-0.1, -0.05) is 62.4 Å². The number of hydrogen-bond acceptors (Lipinski definition) is 6. The third-order valence-corrected chi connectivity index (χ3v) is 10.7. The number of aromatic nitrogens is 4. The lowest BCUT2D eigenvalue weighted by atomic mass is 9.79. The fourth-order valence-corrected chi connectivity index (χ4v) is 8.22. The summed E-state index contributed by atoms with van der Waals surface area (Å²) in [6, 6.07) is 15.7. The molecule has 2 bridgehead atoms. The van der Waals surface area contributed by atoms with Gasteiger partial charge in [-0.3, -0.25) is 9.59 Å². The first kappa shape index (κ1) is 31.7. The highest BCUT2D eigenvalue weighted by Crippen LogP contribution is 2.56. The summed E-state index contributed by atoms with van der Waals surface area (Å²) < 4.78 is 4.74. The van der Waals surface area contributed by atoms with Gasteiger partial charge in [-0.2, -0.15) is 0 Å². The zero-order valence-corrected chi connectivity index (χ0v) is 27.5. The van der Waals surface area contributed by atoms with Crippen LogP contribution in [0.3, 0.4) is 0 Å². The van der Waals surface area contributed by atoms with Crippen molar-refractivity contribution < 1.29 is 24.2 Å². The average Bonchev–Trinajstić information content (AvgIpc) is 3.94. The van der Waals surface area contributed by atoms with Gasteiger partial charge in [-0.05, 0) is 72.1 Å². The van der Waals surface area contributed by atoms with Crippen LogP contribution in [0.4, 0.5) is 4.79 Å². The molecule has 2 aliphatic carbocycles. The van der Waals surface area contributed by atoms with Gasteiger partial charge in [0.2, 0.25) is 5.91 Å². The van der Waals surface area contributed by atoms with Crippen molar-refractivity contribution >= 4 is 18.0 Å². The Bertz CT molecular complexity index is 1790. The summed E-state index contributed by atoms with van der Waals surface area (Å²) in [5.74, 6) is 0.886. The Morgan fingerprint density at radius 2 is 1.42 bits per heavy atom. The maximum absolute atomic E-state index is 13.5. The van der Waals surface area contributed by atoms with Crippen molar-refractivity contribution in [1.82, 2.24) is 30.2 Å². The number of ether oxygens (including phenoxy) is 1. The van der Waals surface area contributed by atoms with Gasteiger partial charge in [0.15, 0.2) is 0 Å². The molecule has 250 valence electrons. The lowest BCUT2D eigenvalue weighted by Gasteiger charge is -2.30. The van der Waals surface area contributed by atoms with Crippen molar-refractivity contribution in [3.8, 4) is 33.6 Å². The molecule has 2 aromatic carbocycles. The molecule has 2 aromatic heterocycles. The van der Waals surface area contributed by atoms with E-state index in [0.29, 0.717) is 12.5 Å². The molecule has 3 fully saturated rings. The molecule has 1 unspecified atom stereocenters. The predicted octanol–water partition coefficient (Wildman–Crippen LogP) is 6.39. The molecular weight excluding hydrogens is 608 g/mol. The van der Waals surface area contributed by atoms with Crippen molar-refractivity contribution in [1.29, 1.82) is 0 Å². The molecule has 1 saturated heterocycles. The normalized spacial score (nSPS) is 23.8. The van der Waals surface area contributed by atoms with Crippen LogP contribution < -0.4 is 5.32 Å². The Morgan fingerprint density at radius 3 is 2.00 bits per heavy atom.